The molecule has 0 unspecified atom stereocenters. The van der Waals surface area contributed by atoms with E-state index in [1.165, 1.54) is 6.07 Å². The number of rotatable bonds is 5. The van der Waals surface area contributed by atoms with E-state index in [-0.39, 0.29) is 5.75 Å². The van der Waals surface area contributed by atoms with Gasteiger partial charge < -0.3 is 15.4 Å². The van der Waals surface area contributed by atoms with E-state index < -0.39 is 6.61 Å². The van der Waals surface area contributed by atoms with Gasteiger partial charge in [0.1, 0.15) is 5.75 Å². The molecule has 0 saturated carbocycles. The third-order valence-electron chi connectivity index (χ3n) is 2.80. The smallest absolute Gasteiger partial charge is 0.387 e. The van der Waals surface area contributed by atoms with Crippen molar-refractivity contribution in [3.63, 3.8) is 0 Å². The lowest BCUT2D eigenvalue weighted by molar-refractivity contribution is -0.0493. The van der Waals surface area contributed by atoms with Crippen LogP contribution >= 0.6 is 12.2 Å². The van der Waals surface area contributed by atoms with Crippen LogP contribution in [0.3, 0.4) is 0 Å². The van der Waals surface area contributed by atoms with Crippen molar-refractivity contribution in [2.45, 2.75) is 20.1 Å². The van der Waals surface area contributed by atoms with Crippen LogP contribution in [-0.4, -0.2) is 21.5 Å². The van der Waals surface area contributed by atoms with Crippen molar-refractivity contribution in [2.75, 3.05) is 5.32 Å². The number of benzene rings is 1. The van der Waals surface area contributed by atoms with Gasteiger partial charge in [-0.15, -0.1) is 0 Å². The molecular formula is C14H16F2N4OS. The molecule has 1 aromatic heterocycles. The van der Waals surface area contributed by atoms with Gasteiger partial charge in [0.15, 0.2) is 5.11 Å². The second-order valence-electron chi connectivity index (χ2n) is 4.67. The van der Waals surface area contributed by atoms with Gasteiger partial charge in [-0.2, -0.15) is 13.9 Å². The average molecular weight is 326 g/mol. The number of hydrogen-bond donors (Lipinski definition) is 2. The highest BCUT2D eigenvalue weighted by Crippen LogP contribution is 2.27. The van der Waals surface area contributed by atoms with E-state index in [4.69, 9.17) is 12.2 Å². The summed E-state index contributed by atoms with van der Waals surface area (Å²) < 4.78 is 31.0. The topological polar surface area (TPSA) is 51.1 Å². The van der Waals surface area contributed by atoms with Gasteiger partial charge in [-0.3, -0.25) is 4.68 Å². The summed E-state index contributed by atoms with van der Waals surface area (Å²) in [5.41, 5.74) is 2.11. The molecule has 0 atom stereocenters. The summed E-state index contributed by atoms with van der Waals surface area (Å²) in [4.78, 5) is 0. The summed E-state index contributed by atoms with van der Waals surface area (Å²) in [5, 5.41) is 10.3. The molecule has 0 bridgehead atoms. The summed E-state index contributed by atoms with van der Waals surface area (Å²) in [6, 6.07) is 6.71. The number of aryl methyl sites for hydroxylation is 2. The van der Waals surface area contributed by atoms with Crippen molar-refractivity contribution in [1.29, 1.82) is 0 Å². The molecule has 5 nitrogen and oxygen atoms in total. The van der Waals surface area contributed by atoms with Gasteiger partial charge in [-0.25, -0.2) is 0 Å². The number of halogens is 2. The fraction of sp³-hybridized carbons (Fsp3) is 0.286. The van der Waals surface area contributed by atoms with E-state index in [2.05, 4.69) is 20.5 Å². The first kappa shape index (κ1) is 16.2. The lowest BCUT2D eigenvalue weighted by atomic mass is 10.2. The van der Waals surface area contributed by atoms with E-state index in [9.17, 15) is 8.78 Å². The lowest BCUT2D eigenvalue weighted by Crippen LogP contribution is -2.28. The third-order valence-corrected chi connectivity index (χ3v) is 3.04. The predicted octanol–water partition coefficient (Wildman–Crippen LogP) is 2.82. The Kier molecular flexibility index (Phi) is 5.26. The van der Waals surface area contributed by atoms with Crippen LogP contribution in [0.4, 0.5) is 14.5 Å². The fourth-order valence-electron chi connectivity index (χ4n) is 1.84. The zero-order chi connectivity index (χ0) is 16.1. The van der Waals surface area contributed by atoms with Crippen LogP contribution < -0.4 is 15.4 Å². The van der Waals surface area contributed by atoms with E-state index in [1.807, 2.05) is 26.2 Å². The number of hydrogen-bond acceptors (Lipinski definition) is 3. The average Bonchev–Trinajstić information content (AvgIpc) is 2.85. The van der Waals surface area contributed by atoms with Crippen LogP contribution in [0.25, 0.3) is 0 Å². The van der Waals surface area contributed by atoms with Crippen LogP contribution in [0, 0.1) is 6.92 Å². The quantitative estimate of drug-likeness (QED) is 0.828. The Morgan fingerprint density at radius 3 is 2.82 bits per heavy atom. The maximum absolute atomic E-state index is 12.4. The summed E-state index contributed by atoms with van der Waals surface area (Å²) >= 11 is 5.16. The van der Waals surface area contributed by atoms with E-state index >= 15 is 0 Å². The Balaban J connectivity index is 1.99. The van der Waals surface area contributed by atoms with Gasteiger partial charge in [-0.1, -0.05) is 6.07 Å². The molecule has 2 rings (SSSR count). The number of ether oxygens (including phenoxy) is 1. The highest BCUT2D eigenvalue weighted by Gasteiger charge is 2.11. The Hall–Kier alpha value is -2.22. The van der Waals surface area contributed by atoms with E-state index in [0.29, 0.717) is 17.3 Å². The van der Waals surface area contributed by atoms with Gasteiger partial charge in [0, 0.05) is 13.2 Å². The monoisotopic (exact) mass is 326 g/mol. The minimum atomic E-state index is -2.89. The first-order valence-electron chi connectivity index (χ1n) is 6.53. The number of alkyl halides is 2. The van der Waals surface area contributed by atoms with Gasteiger partial charge in [-0.05, 0) is 42.9 Å². The maximum atomic E-state index is 12.4. The Morgan fingerprint density at radius 1 is 1.41 bits per heavy atom. The molecule has 22 heavy (non-hydrogen) atoms. The molecular weight excluding hydrogens is 310 g/mol. The Labute approximate surface area is 132 Å². The lowest BCUT2D eigenvalue weighted by Gasteiger charge is -2.14. The molecule has 2 aromatic rings. The first-order valence-corrected chi connectivity index (χ1v) is 6.93. The van der Waals surface area contributed by atoms with Crippen LogP contribution in [0.15, 0.2) is 30.5 Å². The molecule has 0 fully saturated rings. The molecule has 1 aromatic carbocycles. The first-order chi connectivity index (χ1) is 10.4. The number of anilines is 1. The minimum Gasteiger partial charge on any atom is -0.433 e. The second kappa shape index (κ2) is 7.17. The second-order valence-corrected chi connectivity index (χ2v) is 5.07. The van der Waals surface area contributed by atoms with Gasteiger partial charge in [0.05, 0.1) is 17.9 Å². The van der Waals surface area contributed by atoms with Crippen LogP contribution in [-0.2, 0) is 13.6 Å². The largest absolute Gasteiger partial charge is 0.433 e. The zero-order valence-electron chi connectivity index (χ0n) is 12.1. The highest BCUT2D eigenvalue weighted by molar-refractivity contribution is 7.80. The molecule has 0 saturated heterocycles. The van der Waals surface area contributed by atoms with Gasteiger partial charge in [0.2, 0.25) is 0 Å². The number of nitrogens with one attached hydrogen (secondary N) is 2. The van der Waals surface area contributed by atoms with Crippen LogP contribution in [0.5, 0.6) is 5.75 Å². The van der Waals surface area contributed by atoms with Crippen molar-refractivity contribution in [3.05, 3.63) is 41.7 Å². The molecule has 0 radical (unpaired) electrons. The van der Waals surface area contributed by atoms with Crippen molar-refractivity contribution in [1.82, 2.24) is 15.1 Å². The van der Waals surface area contributed by atoms with Crippen molar-refractivity contribution in [2.24, 2.45) is 7.05 Å². The molecule has 0 spiro atoms. The zero-order valence-corrected chi connectivity index (χ0v) is 13.0. The maximum Gasteiger partial charge on any atom is 0.387 e. The van der Waals surface area contributed by atoms with Crippen molar-refractivity contribution < 1.29 is 13.5 Å². The van der Waals surface area contributed by atoms with Gasteiger partial charge in [0.25, 0.3) is 0 Å². The molecule has 0 aliphatic carbocycles. The van der Waals surface area contributed by atoms with E-state index in [1.54, 1.807) is 16.8 Å². The Bertz CT molecular complexity index is 660. The normalized spacial score (nSPS) is 10.6. The molecule has 118 valence electrons. The predicted molar refractivity (Wildman–Crippen MR) is 84.1 cm³/mol. The van der Waals surface area contributed by atoms with Gasteiger partial charge >= 0.3 is 6.61 Å². The summed E-state index contributed by atoms with van der Waals surface area (Å²) in [7, 11) is 1.82. The third kappa shape index (κ3) is 4.66. The molecule has 8 heteroatoms. The van der Waals surface area contributed by atoms with Crippen molar-refractivity contribution in [3.8, 4) is 5.75 Å². The van der Waals surface area contributed by atoms with Crippen LogP contribution in [0.2, 0.25) is 0 Å². The van der Waals surface area contributed by atoms with Crippen LogP contribution in [0.1, 0.15) is 11.3 Å². The minimum absolute atomic E-state index is 0.0441. The molecule has 2 N–H and O–H groups in total. The summed E-state index contributed by atoms with van der Waals surface area (Å²) in [6.07, 6.45) is 1.82. The standard InChI is InChI=1S/C14H16F2N4OS/c1-9-3-4-12(21-13(15)16)11(7-9)18-14(22)17-8-10-5-6-20(2)19-10/h3-7,13H,8H2,1-2H3,(H2,17,18,22). The summed E-state index contributed by atoms with van der Waals surface area (Å²) in [6.45, 7) is -0.607. The number of nitrogens with zero attached hydrogens (tertiary/aromatic N) is 2. The molecule has 0 aliphatic rings. The highest BCUT2D eigenvalue weighted by atomic mass is 32.1. The number of aromatic nitrogens is 2. The van der Waals surface area contributed by atoms with Crippen molar-refractivity contribution >= 4 is 23.0 Å². The van der Waals surface area contributed by atoms with E-state index in [0.717, 1.165) is 11.3 Å². The SMILES string of the molecule is Cc1ccc(OC(F)F)c(NC(=S)NCc2ccn(C)n2)c1. The fourth-order valence-corrected chi connectivity index (χ4v) is 2.02. The Morgan fingerprint density at radius 2 is 2.18 bits per heavy atom. The number of thiocarbonyl (C=S) groups is 1. The summed E-state index contributed by atoms with van der Waals surface area (Å²) in [5.74, 6) is 0.0441. The molecule has 0 aliphatic heterocycles. The molecule has 1 heterocycles. The molecule has 0 amide bonds.